The van der Waals surface area contributed by atoms with E-state index in [1.54, 1.807) is 0 Å². The number of nitrogens with zero attached hydrogens (tertiary/aromatic N) is 1. The molecule has 1 amide bonds. The van der Waals surface area contributed by atoms with Crippen molar-refractivity contribution in [2.45, 2.75) is 19.3 Å². The molecule has 5 rings (SSSR count). The van der Waals surface area contributed by atoms with Gasteiger partial charge in [0.15, 0.2) is 0 Å². The fourth-order valence-corrected chi connectivity index (χ4v) is 4.50. The monoisotopic (exact) mass is 439 g/mol. The normalized spacial score (nSPS) is 17.3. The van der Waals surface area contributed by atoms with Gasteiger partial charge in [-0.3, -0.25) is 9.69 Å². The summed E-state index contributed by atoms with van der Waals surface area (Å²) in [6.45, 7) is 4.03. The SMILES string of the molecule is O=C1Nc2ccccc2/C1=C(/Nc1ccc(OCCN2CCCCC2)cc1)c1ccccc1. The van der Waals surface area contributed by atoms with Gasteiger partial charge in [0.05, 0.1) is 11.3 Å². The minimum Gasteiger partial charge on any atom is -0.492 e. The van der Waals surface area contributed by atoms with Gasteiger partial charge in [-0.2, -0.15) is 0 Å². The lowest BCUT2D eigenvalue weighted by atomic mass is 10.00. The van der Waals surface area contributed by atoms with Crippen molar-refractivity contribution >= 4 is 28.6 Å². The van der Waals surface area contributed by atoms with Gasteiger partial charge in [-0.25, -0.2) is 0 Å². The van der Waals surface area contributed by atoms with Crippen LogP contribution in [-0.4, -0.2) is 37.0 Å². The summed E-state index contributed by atoms with van der Waals surface area (Å²) in [6.07, 6.45) is 3.93. The molecule has 2 aliphatic rings. The van der Waals surface area contributed by atoms with Crippen molar-refractivity contribution in [1.82, 2.24) is 4.90 Å². The van der Waals surface area contributed by atoms with E-state index in [2.05, 4.69) is 15.5 Å². The zero-order chi connectivity index (χ0) is 22.5. The van der Waals surface area contributed by atoms with E-state index in [0.29, 0.717) is 12.2 Å². The Hall–Kier alpha value is -3.57. The number of amides is 1. The van der Waals surface area contributed by atoms with Crippen LogP contribution in [0.4, 0.5) is 11.4 Å². The zero-order valence-corrected chi connectivity index (χ0v) is 18.7. The Labute approximate surface area is 195 Å². The predicted octanol–water partition coefficient (Wildman–Crippen LogP) is 5.48. The molecule has 2 aliphatic heterocycles. The summed E-state index contributed by atoms with van der Waals surface area (Å²) in [6, 6.07) is 25.7. The molecule has 0 unspecified atom stereocenters. The molecule has 0 radical (unpaired) electrons. The van der Waals surface area contributed by atoms with Crippen LogP contribution in [0.2, 0.25) is 0 Å². The first-order valence-corrected chi connectivity index (χ1v) is 11.7. The number of rotatable bonds is 7. The Kier molecular flexibility index (Phi) is 6.40. The third-order valence-electron chi connectivity index (χ3n) is 6.23. The average molecular weight is 440 g/mol. The molecule has 168 valence electrons. The number of hydrogen-bond acceptors (Lipinski definition) is 4. The van der Waals surface area contributed by atoms with Crippen LogP contribution in [0.1, 0.15) is 30.4 Å². The van der Waals surface area contributed by atoms with E-state index in [4.69, 9.17) is 4.74 Å². The van der Waals surface area contributed by atoms with E-state index >= 15 is 0 Å². The third-order valence-corrected chi connectivity index (χ3v) is 6.23. The molecule has 2 N–H and O–H groups in total. The Balaban J connectivity index is 1.34. The maximum Gasteiger partial charge on any atom is 0.258 e. The lowest BCUT2D eigenvalue weighted by Crippen LogP contribution is -2.33. The van der Waals surface area contributed by atoms with Gasteiger partial charge in [-0.1, -0.05) is 55.0 Å². The Morgan fingerprint density at radius 3 is 2.39 bits per heavy atom. The van der Waals surface area contributed by atoms with Crippen LogP contribution in [0, 0.1) is 0 Å². The second kappa shape index (κ2) is 9.92. The number of carbonyl (C=O) groups is 1. The molecule has 0 aromatic heterocycles. The Bertz CT molecular complexity index is 1130. The van der Waals surface area contributed by atoms with Gasteiger partial charge in [-0.05, 0) is 61.8 Å². The van der Waals surface area contributed by atoms with Crippen LogP contribution in [0.3, 0.4) is 0 Å². The number of likely N-dealkylation sites (tertiary alicyclic amines) is 1. The van der Waals surface area contributed by atoms with Crippen molar-refractivity contribution in [3.05, 3.63) is 90.0 Å². The standard InChI is InChI=1S/C28H29N3O2/c32-28-26(24-11-5-6-12-25(24)30-28)27(21-9-3-1-4-10-21)29-22-13-15-23(16-14-22)33-20-19-31-17-7-2-8-18-31/h1,3-6,9-16,29H,2,7-8,17-20H2,(H,30,32)/b27-26-. The fourth-order valence-electron chi connectivity index (χ4n) is 4.50. The van der Waals surface area contributed by atoms with E-state index in [9.17, 15) is 4.79 Å². The molecule has 2 heterocycles. The van der Waals surface area contributed by atoms with Crippen LogP contribution in [-0.2, 0) is 4.79 Å². The molecule has 0 aliphatic carbocycles. The number of hydrogen-bond donors (Lipinski definition) is 2. The molecule has 1 fully saturated rings. The minimum absolute atomic E-state index is 0.0970. The zero-order valence-electron chi connectivity index (χ0n) is 18.7. The molecule has 3 aromatic carbocycles. The highest BCUT2D eigenvalue weighted by Crippen LogP contribution is 2.37. The lowest BCUT2D eigenvalue weighted by Gasteiger charge is -2.26. The van der Waals surface area contributed by atoms with Crippen molar-refractivity contribution in [3.8, 4) is 5.75 Å². The van der Waals surface area contributed by atoms with Crippen LogP contribution in [0.15, 0.2) is 78.9 Å². The fraction of sp³-hybridized carbons (Fsp3) is 0.250. The maximum atomic E-state index is 12.9. The van der Waals surface area contributed by atoms with Crippen molar-refractivity contribution in [3.63, 3.8) is 0 Å². The summed E-state index contributed by atoms with van der Waals surface area (Å²) in [7, 11) is 0. The first-order chi connectivity index (χ1) is 16.3. The highest BCUT2D eigenvalue weighted by atomic mass is 16.5. The van der Waals surface area contributed by atoms with Gasteiger partial charge < -0.3 is 15.4 Å². The molecule has 0 saturated carbocycles. The van der Waals surface area contributed by atoms with Crippen LogP contribution in [0.5, 0.6) is 5.75 Å². The van der Waals surface area contributed by atoms with Crippen molar-refractivity contribution in [2.75, 3.05) is 36.9 Å². The Morgan fingerprint density at radius 1 is 0.879 bits per heavy atom. The highest BCUT2D eigenvalue weighted by molar-refractivity contribution is 6.37. The second-order valence-electron chi connectivity index (χ2n) is 8.52. The van der Waals surface area contributed by atoms with Crippen molar-refractivity contribution in [2.24, 2.45) is 0 Å². The lowest BCUT2D eigenvalue weighted by molar-refractivity contribution is -0.110. The topological polar surface area (TPSA) is 53.6 Å². The number of para-hydroxylation sites is 1. The maximum absolute atomic E-state index is 12.9. The average Bonchev–Trinajstić information content (AvgIpc) is 3.20. The van der Waals surface area contributed by atoms with Crippen molar-refractivity contribution in [1.29, 1.82) is 0 Å². The molecule has 1 saturated heterocycles. The number of anilines is 2. The molecular formula is C28H29N3O2. The Morgan fingerprint density at radius 2 is 1.61 bits per heavy atom. The van der Waals surface area contributed by atoms with Crippen LogP contribution in [0.25, 0.3) is 11.3 Å². The summed E-state index contributed by atoms with van der Waals surface area (Å²) in [5.74, 6) is 0.760. The number of benzene rings is 3. The van der Waals surface area contributed by atoms with E-state index in [1.807, 2.05) is 78.9 Å². The molecule has 5 nitrogen and oxygen atoms in total. The van der Waals surface area contributed by atoms with E-state index in [0.717, 1.165) is 40.5 Å². The number of piperidine rings is 1. The summed E-state index contributed by atoms with van der Waals surface area (Å²) in [5.41, 5.74) is 5.05. The quantitative estimate of drug-likeness (QED) is 0.479. The van der Waals surface area contributed by atoms with Gasteiger partial charge in [0.25, 0.3) is 5.91 Å². The van der Waals surface area contributed by atoms with Crippen LogP contribution >= 0.6 is 0 Å². The van der Waals surface area contributed by atoms with E-state index < -0.39 is 0 Å². The van der Waals surface area contributed by atoms with Gasteiger partial charge in [0.2, 0.25) is 0 Å². The van der Waals surface area contributed by atoms with Crippen molar-refractivity contribution < 1.29 is 9.53 Å². The first-order valence-electron chi connectivity index (χ1n) is 11.7. The van der Waals surface area contributed by atoms with Crippen LogP contribution < -0.4 is 15.4 Å². The summed E-state index contributed by atoms with van der Waals surface area (Å²) < 4.78 is 5.97. The summed E-state index contributed by atoms with van der Waals surface area (Å²) >= 11 is 0. The minimum atomic E-state index is -0.0970. The largest absolute Gasteiger partial charge is 0.492 e. The molecule has 0 atom stereocenters. The number of nitrogens with one attached hydrogen (secondary N) is 2. The van der Waals surface area contributed by atoms with Gasteiger partial charge in [0, 0.05) is 23.5 Å². The second-order valence-corrected chi connectivity index (χ2v) is 8.52. The summed E-state index contributed by atoms with van der Waals surface area (Å²) in [4.78, 5) is 15.4. The van der Waals surface area contributed by atoms with Gasteiger partial charge in [0.1, 0.15) is 12.4 Å². The summed E-state index contributed by atoms with van der Waals surface area (Å²) in [5, 5.41) is 6.48. The van der Waals surface area contributed by atoms with Gasteiger partial charge >= 0.3 is 0 Å². The molecule has 33 heavy (non-hydrogen) atoms. The molecular weight excluding hydrogens is 410 g/mol. The molecule has 0 bridgehead atoms. The smallest absolute Gasteiger partial charge is 0.258 e. The third kappa shape index (κ3) is 4.94. The number of fused-ring (bicyclic) bond motifs is 1. The first kappa shape index (κ1) is 21.3. The van der Waals surface area contributed by atoms with Gasteiger partial charge in [-0.15, -0.1) is 0 Å². The van der Waals surface area contributed by atoms with E-state index in [-0.39, 0.29) is 5.91 Å². The molecule has 5 heteroatoms. The predicted molar refractivity (Wildman–Crippen MR) is 134 cm³/mol. The van der Waals surface area contributed by atoms with E-state index in [1.165, 1.54) is 32.4 Å². The number of carbonyl (C=O) groups excluding carboxylic acids is 1. The molecule has 0 spiro atoms. The highest BCUT2D eigenvalue weighted by Gasteiger charge is 2.28. The molecule has 3 aromatic rings. The number of ether oxygens (including phenoxy) is 1.